The van der Waals surface area contributed by atoms with Crippen molar-refractivity contribution < 1.29 is 19.5 Å². The van der Waals surface area contributed by atoms with Crippen molar-refractivity contribution in [3.8, 4) is 11.5 Å². The van der Waals surface area contributed by atoms with Gasteiger partial charge in [0.05, 0.1) is 12.6 Å². The molecule has 0 saturated heterocycles. The molecule has 0 bridgehead atoms. The first-order valence-corrected chi connectivity index (χ1v) is 9.37. The van der Waals surface area contributed by atoms with Crippen molar-refractivity contribution in [2.45, 2.75) is 31.8 Å². The minimum atomic E-state index is -1.08. The van der Waals surface area contributed by atoms with E-state index in [9.17, 15) is 4.79 Å². The van der Waals surface area contributed by atoms with Crippen LogP contribution in [0.2, 0.25) is 0 Å². The van der Waals surface area contributed by atoms with Crippen LogP contribution in [-0.4, -0.2) is 33.8 Å². The van der Waals surface area contributed by atoms with E-state index in [-0.39, 0.29) is 0 Å². The SMILES string of the molecule is COc1ccc(Nc2nc(C)nc3ccccc23)cc1OC1(C(=O)NO)CCC1. The summed E-state index contributed by atoms with van der Waals surface area (Å²) >= 11 is 0. The van der Waals surface area contributed by atoms with Crippen molar-refractivity contribution in [1.29, 1.82) is 0 Å². The van der Waals surface area contributed by atoms with E-state index in [1.54, 1.807) is 17.6 Å². The summed E-state index contributed by atoms with van der Waals surface area (Å²) in [5.41, 5.74) is 2.20. The monoisotopic (exact) mass is 394 g/mol. The van der Waals surface area contributed by atoms with Gasteiger partial charge >= 0.3 is 0 Å². The zero-order valence-corrected chi connectivity index (χ0v) is 16.2. The smallest absolute Gasteiger partial charge is 0.287 e. The molecule has 0 unspecified atom stereocenters. The molecule has 1 aromatic heterocycles. The van der Waals surface area contributed by atoms with E-state index in [2.05, 4.69) is 15.3 Å². The van der Waals surface area contributed by atoms with E-state index >= 15 is 0 Å². The second kappa shape index (κ2) is 7.56. The Labute approximate surface area is 167 Å². The molecule has 1 aliphatic rings. The number of carbonyl (C=O) groups excluding carboxylic acids is 1. The maximum Gasteiger partial charge on any atom is 0.287 e. The summed E-state index contributed by atoms with van der Waals surface area (Å²) in [6, 6.07) is 13.1. The zero-order chi connectivity index (χ0) is 20.4. The van der Waals surface area contributed by atoms with Gasteiger partial charge in [0.2, 0.25) is 0 Å². The van der Waals surface area contributed by atoms with E-state index in [1.807, 2.05) is 37.3 Å². The van der Waals surface area contributed by atoms with Crippen molar-refractivity contribution in [3.63, 3.8) is 0 Å². The lowest BCUT2D eigenvalue weighted by atomic mass is 9.79. The Hall–Kier alpha value is -3.39. The number of para-hydroxylation sites is 1. The highest BCUT2D eigenvalue weighted by atomic mass is 16.5. The van der Waals surface area contributed by atoms with Crippen LogP contribution in [0.3, 0.4) is 0 Å². The summed E-state index contributed by atoms with van der Waals surface area (Å²) in [6.45, 7) is 1.84. The summed E-state index contributed by atoms with van der Waals surface area (Å²) < 4.78 is 11.4. The molecule has 1 amide bonds. The van der Waals surface area contributed by atoms with Crippen molar-refractivity contribution >= 4 is 28.3 Å². The Morgan fingerprint density at radius 2 is 1.93 bits per heavy atom. The fourth-order valence-electron chi connectivity index (χ4n) is 3.44. The van der Waals surface area contributed by atoms with Crippen LogP contribution in [0.25, 0.3) is 10.9 Å². The quantitative estimate of drug-likeness (QED) is 0.434. The number of anilines is 2. The van der Waals surface area contributed by atoms with E-state index in [0.717, 1.165) is 23.0 Å². The predicted molar refractivity (Wildman–Crippen MR) is 108 cm³/mol. The third kappa shape index (κ3) is 3.54. The normalized spacial score (nSPS) is 14.7. The first-order valence-electron chi connectivity index (χ1n) is 9.37. The summed E-state index contributed by atoms with van der Waals surface area (Å²) in [5, 5.41) is 13.3. The number of fused-ring (bicyclic) bond motifs is 1. The third-order valence-electron chi connectivity index (χ3n) is 5.12. The van der Waals surface area contributed by atoms with Gasteiger partial charge in [-0.1, -0.05) is 12.1 Å². The first kappa shape index (κ1) is 18.9. The number of rotatable bonds is 6. The van der Waals surface area contributed by atoms with Gasteiger partial charge in [0.15, 0.2) is 17.1 Å². The van der Waals surface area contributed by atoms with Gasteiger partial charge < -0.3 is 14.8 Å². The van der Waals surface area contributed by atoms with Gasteiger partial charge in [-0.2, -0.15) is 0 Å². The number of aromatic nitrogens is 2. The Bertz CT molecular complexity index is 1070. The van der Waals surface area contributed by atoms with Crippen LogP contribution in [0.15, 0.2) is 42.5 Å². The van der Waals surface area contributed by atoms with Gasteiger partial charge in [-0.05, 0) is 50.5 Å². The minimum absolute atomic E-state index is 0.413. The molecule has 1 aliphatic carbocycles. The highest BCUT2D eigenvalue weighted by Crippen LogP contribution is 2.41. The molecule has 0 radical (unpaired) electrons. The fraction of sp³-hybridized carbons (Fsp3) is 0.286. The Morgan fingerprint density at radius 1 is 1.14 bits per heavy atom. The molecule has 2 aromatic carbocycles. The van der Waals surface area contributed by atoms with E-state index in [4.69, 9.17) is 14.7 Å². The number of hydroxylamine groups is 1. The zero-order valence-electron chi connectivity index (χ0n) is 16.2. The van der Waals surface area contributed by atoms with Gasteiger partial charge in [-0.15, -0.1) is 0 Å². The molecule has 150 valence electrons. The van der Waals surface area contributed by atoms with Crippen molar-refractivity contribution in [3.05, 3.63) is 48.3 Å². The number of amides is 1. The second-order valence-corrected chi connectivity index (χ2v) is 7.02. The summed E-state index contributed by atoms with van der Waals surface area (Å²) in [7, 11) is 1.54. The van der Waals surface area contributed by atoms with Crippen LogP contribution < -0.4 is 20.3 Å². The molecular weight excluding hydrogens is 372 g/mol. The molecule has 29 heavy (non-hydrogen) atoms. The third-order valence-corrected chi connectivity index (χ3v) is 5.12. The molecule has 3 N–H and O–H groups in total. The molecular formula is C21H22N4O4. The first-order chi connectivity index (χ1) is 14.0. The molecule has 1 fully saturated rings. The molecule has 8 heteroatoms. The van der Waals surface area contributed by atoms with Crippen molar-refractivity contribution in [1.82, 2.24) is 15.4 Å². The van der Waals surface area contributed by atoms with Crippen LogP contribution in [0.5, 0.6) is 11.5 Å². The summed E-state index contributed by atoms with van der Waals surface area (Å²) in [4.78, 5) is 21.1. The number of nitrogens with zero attached hydrogens (tertiary/aromatic N) is 2. The average Bonchev–Trinajstić information content (AvgIpc) is 2.70. The lowest BCUT2D eigenvalue weighted by Gasteiger charge is -2.39. The topological polar surface area (TPSA) is 106 Å². The molecule has 1 saturated carbocycles. The number of nitrogens with one attached hydrogen (secondary N) is 2. The highest BCUT2D eigenvalue weighted by molar-refractivity contribution is 5.91. The van der Waals surface area contributed by atoms with E-state index in [1.165, 1.54) is 7.11 Å². The molecule has 4 rings (SSSR count). The van der Waals surface area contributed by atoms with Crippen LogP contribution in [0, 0.1) is 6.92 Å². The Balaban J connectivity index is 1.68. The van der Waals surface area contributed by atoms with Crippen molar-refractivity contribution in [2.75, 3.05) is 12.4 Å². The summed E-state index contributed by atoms with van der Waals surface area (Å²) in [5.74, 6) is 1.69. The minimum Gasteiger partial charge on any atom is -0.493 e. The van der Waals surface area contributed by atoms with Crippen LogP contribution in [0.4, 0.5) is 11.5 Å². The average molecular weight is 394 g/mol. The molecule has 3 aromatic rings. The lowest BCUT2D eigenvalue weighted by molar-refractivity contribution is -0.153. The van der Waals surface area contributed by atoms with Gasteiger partial charge in [0.25, 0.3) is 5.91 Å². The van der Waals surface area contributed by atoms with Crippen LogP contribution in [-0.2, 0) is 4.79 Å². The van der Waals surface area contributed by atoms with Crippen molar-refractivity contribution in [2.24, 2.45) is 0 Å². The van der Waals surface area contributed by atoms with Gasteiger partial charge in [-0.25, -0.2) is 15.4 Å². The van der Waals surface area contributed by atoms with Crippen LogP contribution in [0.1, 0.15) is 25.1 Å². The molecule has 0 atom stereocenters. The standard InChI is InChI=1S/C21H22N4O4/c1-13-22-16-7-4-3-6-15(16)19(23-13)24-14-8-9-17(28-2)18(12-14)29-21(10-5-11-21)20(26)25-27/h3-4,6-9,12,27H,5,10-11H2,1-2H3,(H,25,26)(H,22,23,24). The number of hydrogen-bond donors (Lipinski definition) is 3. The molecule has 0 spiro atoms. The Kier molecular flexibility index (Phi) is 4.94. The largest absolute Gasteiger partial charge is 0.493 e. The maximum absolute atomic E-state index is 12.1. The second-order valence-electron chi connectivity index (χ2n) is 7.02. The van der Waals surface area contributed by atoms with E-state index in [0.29, 0.717) is 36.0 Å². The number of aryl methyl sites for hydroxylation is 1. The molecule has 1 heterocycles. The number of hydrogen-bond acceptors (Lipinski definition) is 7. The number of carbonyl (C=O) groups is 1. The van der Waals surface area contributed by atoms with Gasteiger partial charge in [0, 0.05) is 17.1 Å². The fourth-order valence-corrected chi connectivity index (χ4v) is 3.44. The van der Waals surface area contributed by atoms with Gasteiger partial charge in [-0.3, -0.25) is 10.0 Å². The number of benzene rings is 2. The Morgan fingerprint density at radius 3 is 2.62 bits per heavy atom. The lowest BCUT2D eigenvalue weighted by Crippen LogP contribution is -2.55. The number of ether oxygens (including phenoxy) is 2. The van der Waals surface area contributed by atoms with E-state index < -0.39 is 11.5 Å². The molecule has 8 nitrogen and oxygen atoms in total. The summed E-state index contributed by atoms with van der Waals surface area (Å²) in [6.07, 6.45) is 1.89. The maximum atomic E-state index is 12.1. The van der Waals surface area contributed by atoms with Gasteiger partial charge in [0.1, 0.15) is 11.6 Å². The highest BCUT2D eigenvalue weighted by Gasteiger charge is 2.47. The van der Waals surface area contributed by atoms with Crippen LogP contribution >= 0.6 is 0 Å². The predicted octanol–water partition coefficient (Wildman–Crippen LogP) is 3.50. The molecule has 0 aliphatic heterocycles. The number of methoxy groups -OCH3 is 1.